The molecule has 2 rings (SSSR count). The van der Waals surface area contributed by atoms with E-state index in [0.717, 1.165) is 11.3 Å². The Balaban J connectivity index is 2.03. The topological polar surface area (TPSA) is 78.4 Å². The molecule has 2 aromatic carbocycles. The van der Waals surface area contributed by atoms with E-state index in [0.29, 0.717) is 12.1 Å². The van der Waals surface area contributed by atoms with E-state index in [9.17, 15) is 13.5 Å². The van der Waals surface area contributed by atoms with Crippen molar-refractivity contribution in [1.29, 1.82) is 0 Å². The number of sulfonamides is 1. The number of anilines is 1. The summed E-state index contributed by atoms with van der Waals surface area (Å²) in [6, 6.07) is 14.3. The molecule has 24 heavy (non-hydrogen) atoms. The van der Waals surface area contributed by atoms with Gasteiger partial charge in [-0.1, -0.05) is 24.3 Å². The lowest BCUT2D eigenvalue weighted by molar-refractivity contribution is 0.474. The molecule has 0 radical (unpaired) electrons. The molecular formula is C18H24N2O3S. The predicted octanol–water partition coefficient (Wildman–Crippen LogP) is 3.22. The van der Waals surface area contributed by atoms with E-state index in [1.807, 2.05) is 45.0 Å². The number of hydrogen-bond donors (Lipinski definition) is 3. The summed E-state index contributed by atoms with van der Waals surface area (Å²) in [6.07, 6.45) is 0. The van der Waals surface area contributed by atoms with Crippen molar-refractivity contribution in [3.63, 3.8) is 0 Å². The highest BCUT2D eigenvalue weighted by Crippen LogP contribution is 2.17. The summed E-state index contributed by atoms with van der Waals surface area (Å²) in [7, 11) is -3.39. The van der Waals surface area contributed by atoms with E-state index in [1.165, 1.54) is 0 Å². The second kappa shape index (κ2) is 7.23. The van der Waals surface area contributed by atoms with Crippen LogP contribution in [0.5, 0.6) is 5.75 Å². The van der Waals surface area contributed by atoms with Crippen LogP contribution in [0, 0.1) is 0 Å². The summed E-state index contributed by atoms with van der Waals surface area (Å²) in [5, 5.41) is 12.7. The standard InChI is InChI=1S/C18H24N2O3S/c1-18(2,3)20-24(22,23)13-15-7-4-8-16(10-15)19-12-14-6-5-9-17(21)11-14/h4-11,19-21H,12-13H2,1-3H3. The molecule has 0 unspecified atom stereocenters. The summed E-state index contributed by atoms with van der Waals surface area (Å²) in [4.78, 5) is 0. The predicted molar refractivity (Wildman–Crippen MR) is 97.4 cm³/mol. The molecule has 0 aliphatic heterocycles. The van der Waals surface area contributed by atoms with Crippen LogP contribution < -0.4 is 10.0 Å². The average Bonchev–Trinajstić information content (AvgIpc) is 2.42. The maximum Gasteiger partial charge on any atom is 0.216 e. The number of benzene rings is 2. The number of nitrogens with one attached hydrogen (secondary N) is 2. The van der Waals surface area contributed by atoms with E-state index in [1.54, 1.807) is 24.3 Å². The van der Waals surface area contributed by atoms with Gasteiger partial charge in [-0.25, -0.2) is 13.1 Å². The van der Waals surface area contributed by atoms with E-state index in [4.69, 9.17) is 0 Å². The first-order valence-corrected chi connectivity index (χ1v) is 9.41. The maximum atomic E-state index is 12.2. The Bertz CT molecular complexity index is 796. The van der Waals surface area contributed by atoms with E-state index >= 15 is 0 Å². The summed E-state index contributed by atoms with van der Waals surface area (Å²) in [5.74, 6) is 0.161. The van der Waals surface area contributed by atoms with Crippen molar-refractivity contribution >= 4 is 15.7 Å². The molecule has 0 aliphatic carbocycles. The molecule has 0 spiro atoms. The summed E-state index contributed by atoms with van der Waals surface area (Å²) in [6.45, 7) is 6.00. The van der Waals surface area contributed by atoms with E-state index in [-0.39, 0.29) is 11.5 Å². The van der Waals surface area contributed by atoms with Gasteiger partial charge in [-0.05, 0) is 56.2 Å². The molecule has 2 aromatic rings. The first kappa shape index (κ1) is 18.3. The maximum absolute atomic E-state index is 12.2. The first-order valence-electron chi connectivity index (χ1n) is 7.75. The zero-order valence-electron chi connectivity index (χ0n) is 14.2. The zero-order valence-corrected chi connectivity index (χ0v) is 15.0. The lowest BCUT2D eigenvalue weighted by Crippen LogP contribution is -2.41. The van der Waals surface area contributed by atoms with Crippen molar-refractivity contribution in [2.45, 2.75) is 38.6 Å². The number of phenols is 1. The first-order chi connectivity index (χ1) is 11.1. The van der Waals surface area contributed by atoms with Crippen LogP contribution in [0.15, 0.2) is 48.5 Å². The zero-order chi connectivity index (χ0) is 17.8. The minimum atomic E-state index is -3.39. The largest absolute Gasteiger partial charge is 0.508 e. The Morgan fingerprint density at radius 3 is 2.33 bits per heavy atom. The van der Waals surface area contributed by atoms with Crippen LogP contribution in [0.2, 0.25) is 0 Å². The Labute approximate surface area is 143 Å². The Kier molecular flexibility index (Phi) is 5.51. The minimum absolute atomic E-state index is 0.0636. The fraction of sp³-hybridized carbons (Fsp3) is 0.333. The number of hydrogen-bond acceptors (Lipinski definition) is 4. The molecular weight excluding hydrogens is 324 g/mol. The van der Waals surface area contributed by atoms with Crippen molar-refractivity contribution in [1.82, 2.24) is 4.72 Å². The third-order valence-electron chi connectivity index (χ3n) is 3.15. The number of aromatic hydroxyl groups is 1. The fourth-order valence-electron chi connectivity index (χ4n) is 2.36. The quantitative estimate of drug-likeness (QED) is 0.749. The van der Waals surface area contributed by atoms with Gasteiger partial charge in [0.1, 0.15) is 5.75 Å². The summed E-state index contributed by atoms with van der Waals surface area (Å²) < 4.78 is 27.0. The van der Waals surface area contributed by atoms with Gasteiger partial charge in [0.25, 0.3) is 0 Å². The molecule has 0 heterocycles. The Morgan fingerprint density at radius 2 is 1.67 bits per heavy atom. The lowest BCUT2D eigenvalue weighted by Gasteiger charge is -2.20. The molecule has 0 bridgehead atoms. The highest BCUT2D eigenvalue weighted by Gasteiger charge is 2.20. The smallest absolute Gasteiger partial charge is 0.216 e. The van der Waals surface area contributed by atoms with Gasteiger partial charge in [-0.15, -0.1) is 0 Å². The summed E-state index contributed by atoms with van der Waals surface area (Å²) >= 11 is 0. The Morgan fingerprint density at radius 1 is 1.00 bits per heavy atom. The second-order valence-electron chi connectivity index (χ2n) is 6.83. The molecule has 0 saturated heterocycles. The molecule has 0 saturated carbocycles. The molecule has 3 N–H and O–H groups in total. The van der Waals surface area contributed by atoms with Crippen molar-refractivity contribution in [3.05, 3.63) is 59.7 Å². The van der Waals surface area contributed by atoms with E-state index < -0.39 is 15.6 Å². The van der Waals surface area contributed by atoms with Crippen LogP contribution in [0.25, 0.3) is 0 Å². The van der Waals surface area contributed by atoms with Gasteiger partial charge in [0.15, 0.2) is 0 Å². The van der Waals surface area contributed by atoms with Crippen molar-refractivity contribution in [2.24, 2.45) is 0 Å². The molecule has 0 atom stereocenters. The van der Waals surface area contributed by atoms with Gasteiger partial charge in [-0.2, -0.15) is 0 Å². The number of phenolic OH excluding ortho intramolecular Hbond substituents is 1. The van der Waals surface area contributed by atoms with Gasteiger partial charge in [0.05, 0.1) is 5.75 Å². The number of rotatable bonds is 6. The second-order valence-corrected chi connectivity index (χ2v) is 8.56. The molecule has 0 aliphatic rings. The fourth-order valence-corrected chi connectivity index (χ4v) is 3.99. The highest BCUT2D eigenvalue weighted by molar-refractivity contribution is 7.88. The van der Waals surface area contributed by atoms with Gasteiger partial charge in [0, 0.05) is 17.8 Å². The van der Waals surface area contributed by atoms with Crippen LogP contribution in [-0.4, -0.2) is 19.1 Å². The minimum Gasteiger partial charge on any atom is -0.508 e. The Hall–Kier alpha value is -2.05. The third-order valence-corrected chi connectivity index (χ3v) is 4.79. The van der Waals surface area contributed by atoms with Crippen LogP contribution >= 0.6 is 0 Å². The molecule has 5 nitrogen and oxygen atoms in total. The normalized spacial score (nSPS) is 12.1. The molecule has 0 amide bonds. The van der Waals surface area contributed by atoms with Crippen LogP contribution in [0.1, 0.15) is 31.9 Å². The van der Waals surface area contributed by atoms with Crippen molar-refractivity contribution in [3.8, 4) is 5.75 Å². The summed E-state index contributed by atoms with van der Waals surface area (Å²) in [5.41, 5.74) is 2.00. The van der Waals surface area contributed by atoms with Gasteiger partial charge in [0.2, 0.25) is 10.0 Å². The van der Waals surface area contributed by atoms with Crippen LogP contribution in [-0.2, 0) is 22.3 Å². The van der Waals surface area contributed by atoms with E-state index in [2.05, 4.69) is 10.0 Å². The van der Waals surface area contributed by atoms with Crippen LogP contribution in [0.4, 0.5) is 5.69 Å². The third kappa shape index (κ3) is 6.22. The van der Waals surface area contributed by atoms with Crippen molar-refractivity contribution in [2.75, 3.05) is 5.32 Å². The highest BCUT2D eigenvalue weighted by atomic mass is 32.2. The molecule has 0 fully saturated rings. The van der Waals surface area contributed by atoms with Gasteiger partial charge < -0.3 is 10.4 Å². The monoisotopic (exact) mass is 348 g/mol. The van der Waals surface area contributed by atoms with Gasteiger partial charge in [-0.3, -0.25) is 0 Å². The van der Waals surface area contributed by atoms with Crippen LogP contribution in [0.3, 0.4) is 0 Å². The van der Waals surface area contributed by atoms with Gasteiger partial charge >= 0.3 is 0 Å². The average molecular weight is 348 g/mol. The lowest BCUT2D eigenvalue weighted by atomic mass is 10.1. The molecule has 6 heteroatoms. The molecule has 130 valence electrons. The SMILES string of the molecule is CC(C)(C)NS(=O)(=O)Cc1cccc(NCc2cccc(O)c2)c1. The van der Waals surface area contributed by atoms with Crippen molar-refractivity contribution < 1.29 is 13.5 Å². The molecule has 0 aromatic heterocycles.